The van der Waals surface area contributed by atoms with Crippen LogP contribution in [0.1, 0.15) is 5.56 Å². The third-order valence-corrected chi connectivity index (χ3v) is 6.56. The van der Waals surface area contributed by atoms with E-state index in [2.05, 4.69) is 0 Å². The van der Waals surface area contributed by atoms with Gasteiger partial charge in [-0.05, 0) is 36.8 Å². The molecule has 28 heavy (non-hydrogen) atoms. The van der Waals surface area contributed by atoms with Crippen LogP contribution in [0.25, 0.3) is 0 Å². The van der Waals surface area contributed by atoms with Gasteiger partial charge in [0, 0.05) is 26.2 Å². The maximum Gasteiger partial charge on any atom is 0.260 e. The molecule has 1 fully saturated rings. The van der Waals surface area contributed by atoms with Gasteiger partial charge in [-0.1, -0.05) is 24.3 Å². The zero-order valence-electron chi connectivity index (χ0n) is 16.0. The first-order valence-corrected chi connectivity index (χ1v) is 10.5. The zero-order chi connectivity index (χ0) is 20.1. The van der Waals surface area contributed by atoms with Crippen LogP contribution >= 0.6 is 0 Å². The number of nitrogens with zero attached hydrogens (tertiary/aromatic N) is 2. The number of rotatable bonds is 6. The van der Waals surface area contributed by atoms with E-state index in [1.807, 2.05) is 19.1 Å². The van der Waals surface area contributed by atoms with Crippen LogP contribution < -0.4 is 9.47 Å². The number of carbonyl (C=O) groups is 1. The van der Waals surface area contributed by atoms with E-state index in [1.54, 1.807) is 48.4 Å². The lowest BCUT2D eigenvalue weighted by molar-refractivity contribution is -0.134. The summed E-state index contributed by atoms with van der Waals surface area (Å²) < 4.78 is 37.6. The number of aryl methyl sites for hydroxylation is 1. The minimum absolute atomic E-state index is 0.120. The van der Waals surface area contributed by atoms with Crippen LogP contribution in [0.3, 0.4) is 0 Å². The predicted molar refractivity (Wildman–Crippen MR) is 105 cm³/mol. The zero-order valence-corrected chi connectivity index (χ0v) is 16.8. The number of sulfonamides is 1. The van der Waals surface area contributed by atoms with Crippen molar-refractivity contribution >= 4 is 15.9 Å². The van der Waals surface area contributed by atoms with Crippen molar-refractivity contribution in [1.82, 2.24) is 9.21 Å². The Balaban J connectivity index is 1.56. The molecule has 1 aliphatic rings. The summed E-state index contributed by atoms with van der Waals surface area (Å²) in [5.41, 5.74) is 1.03. The van der Waals surface area contributed by atoms with Crippen LogP contribution in [0.15, 0.2) is 53.4 Å². The van der Waals surface area contributed by atoms with Crippen LogP contribution in [0, 0.1) is 6.92 Å². The largest absolute Gasteiger partial charge is 0.493 e. The minimum Gasteiger partial charge on any atom is -0.493 e. The van der Waals surface area contributed by atoms with Crippen molar-refractivity contribution in [1.29, 1.82) is 0 Å². The lowest BCUT2D eigenvalue weighted by atomic mass is 10.2. The standard InChI is InChI=1S/C20H24N2O5S/c1-16-8-9-18(19(14-16)26-2)27-15-20(23)21-10-12-22(13-11-21)28(24,25)17-6-4-3-5-7-17/h3-9,14H,10-13,15H2,1-2H3. The summed E-state index contributed by atoms with van der Waals surface area (Å²) in [6.45, 7) is 3.01. The van der Waals surface area contributed by atoms with Crippen molar-refractivity contribution in [2.45, 2.75) is 11.8 Å². The third-order valence-electron chi connectivity index (χ3n) is 4.64. The Morgan fingerprint density at radius 3 is 2.32 bits per heavy atom. The van der Waals surface area contributed by atoms with Gasteiger partial charge in [0.15, 0.2) is 18.1 Å². The topological polar surface area (TPSA) is 76.2 Å². The fourth-order valence-electron chi connectivity index (χ4n) is 3.04. The summed E-state index contributed by atoms with van der Waals surface area (Å²) in [7, 11) is -1.98. The molecule has 1 saturated heterocycles. The van der Waals surface area contributed by atoms with Crippen LogP contribution in [0.4, 0.5) is 0 Å². The molecule has 1 heterocycles. The molecule has 1 amide bonds. The van der Waals surface area contributed by atoms with E-state index in [-0.39, 0.29) is 30.5 Å². The molecule has 0 aromatic heterocycles. The molecule has 0 spiro atoms. The van der Waals surface area contributed by atoms with E-state index >= 15 is 0 Å². The minimum atomic E-state index is -3.53. The average Bonchev–Trinajstić information content (AvgIpc) is 2.73. The lowest BCUT2D eigenvalue weighted by Gasteiger charge is -2.34. The first-order chi connectivity index (χ1) is 13.4. The molecule has 2 aromatic carbocycles. The SMILES string of the molecule is COc1cc(C)ccc1OCC(=O)N1CCN(S(=O)(=O)c2ccccc2)CC1. The Morgan fingerprint density at radius 2 is 1.68 bits per heavy atom. The molecule has 0 aliphatic carbocycles. The number of hydrogen-bond acceptors (Lipinski definition) is 5. The monoisotopic (exact) mass is 404 g/mol. The summed E-state index contributed by atoms with van der Waals surface area (Å²) in [4.78, 5) is 14.3. The van der Waals surface area contributed by atoms with Crippen LogP contribution in [-0.2, 0) is 14.8 Å². The second-order valence-electron chi connectivity index (χ2n) is 6.54. The maximum absolute atomic E-state index is 12.7. The van der Waals surface area contributed by atoms with E-state index < -0.39 is 10.0 Å². The van der Waals surface area contributed by atoms with Gasteiger partial charge in [0.25, 0.3) is 5.91 Å². The van der Waals surface area contributed by atoms with Gasteiger partial charge in [-0.25, -0.2) is 8.42 Å². The van der Waals surface area contributed by atoms with E-state index in [0.717, 1.165) is 5.56 Å². The molecular weight excluding hydrogens is 380 g/mol. The first kappa shape index (κ1) is 20.2. The van der Waals surface area contributed by atoms with Crippen LogP contribution in [0.2, 0.25) is 0 Å². The number of amides is 1. The third kappa shape index (κ3) is 4.45. The highest BCUT2D eigenvalue weighted by molar-refractivity contribution is 7.89. The summed E-state index contributed by atoms with van der Waals surface area (Å²) in [6.07, 6.45) is 0. The van der Waals surface area contributed by atoms with Gasteiger partial charge in [-0.3, -0.25) is 4.79 Å². The quantitative estimate of drug-likeness (QED) is 0.735. The predicted octanol–water partition coefficient (Wildman–Crippen LogP) is 1.92. The number of methoxy groups -OCH3 is 1. The highest BCUT2D eigenvalue weighted by Crippen LogP contribution is 2.27. The highest BCUT2D eigenvalue weighted by atomic mass is 32.2. The second-order valence-corrected chi connectivity index (χ2v) is 8.48. The molecule has 0 saturated carbocycles. The Hall–Kier alpha value is -2.58. The van der Waals surface area contributed by atoms with Gasteiger partial charge in [0.2, 0.25) is 10.0 Å². The normalized spacial score (nSPS) is 15.3. The molecule has 8 heteroatoms. The summed E-state index contributed by atoms with van der Waals surface area (Å²) in [5, 5.41) is 0. The number of carbonyl (C=O) groups excluding carboxylic acids is 1. The molecule has 3 rings (SSSR count). The van der Waals surface area contributed by atoms with Gasteiger partial charge in [0.05, 0.1) is 12.0 Å². The van der Waals surface area contributed by atoms with Crippen molar-refractivity contribution in [2.75, 3.05) is 39.9 Å². The molecule has 7 nitrogen and oxygen atoms in total. The van der Waals surface area contributed by atoms with Gasteiger partial charge in [-0.2, -0.15) is 4.31 Å². The highest BCUT2D eigenvalue weighted by Gasteiger charge is 2.30. The van der Waals surface area contributed by atoms with Crippen LogP contribution in [0.5, 0.6) is 11.5 Å². The van der Waals surface area contributed by atoms with E-state index in [4.69, 9.17) is 9.47 Å². The molecule has 0 bridgehead atoms. The van der Waals surface area contributed by atoms with E-state index in [1.165, 1.54) is 4.31 Å². The molecule has 0 atom stereocenters. The number of benzene rings is 2. The van der Waals surface area contributed by atoms with Crippen molar-refractivity contribution < 1.29 is 22.7 Å². The number of hydrogen-bond donors (Lipinski definition) is 0. The van der Waals surface area contributed by atoms with Gasteiger partial charge in [0.1, 0.15) is 0 Å². The van der Waals surface area contributed by atoms with Gasteiger partial charge >= 0.3 is 0 Å². The average molecular weight is 404 g/mol. The molecule has 0 N–H and O–H groups in total. The maximum atomic E-state index is 12.7. The van der Waals surface area contributed by atoms with Gasteiger partial charge < -0.3 is 14.4 Å². The summed E-state index contributed by atoms with van der Waals surface area (Å²) >= 11 is 0. The Labute approximate surface area is 165 Å². The van der Waals surface area contributed by atoms with E-state index in [9.17, 15) is 13.2 Å². The fraction of sp³-hybridized carbons (Fsp3) is 0.350. The fourth-order valence-corrected chi connectivity index (χ4v) is 4.49. The van der Waals surface area contributed by atoms with Crippen molar-refractivity contribution in [3.05, 3.63) is 54.1 Å². The van der Waals surface area contributed by atoms with Gasteiger partial charge in [-0.15, -0.1) is 0 Å². The smallest absolute Gasteiger partial charge is 0.260 e. The molecule has 1 aliphatic heterocycles. The molecule has 150 valence electrons. The van der Waals surface area contributed by atoms with Crippen molar-refractivity contribution in [3.8, 4) is 11.5 Å². The number of piperazine rings is 1. The Bertz CT molecular complexity index is 923. The molecule has 0 unspecified atom stereocenters. The second kappa shape index (κ2) is 8.62. The van der Waals surface area contributed by atoms with Crippen LogP contribution in [-0.4, -0.2) is 63.4 Å². The molecule has 2 aromatic rings. The summed E-state index contributed by atoms with van der Waals surface area (Å²) in [5.74, 6) is 0.901. The number of ether oxygens (including phenoxy) is 2. The lowest BCUT2D eigenvalue weighted by Crippen LogP contribution is -2.51. The molecular formula is C20H24N2O5S. The Morgan fingerprint density at radius 1 is 1.00 bits per heavy atom. The molecule has 0 radical (unpaired) electrons. The Kier molecular flexibility index (Phi) is 6.21. The van der Waals surface area contributed by atoms with Crippen molar-refractivity contribution in [3.63, 3.8) is 0 Å². The van der Waals surface area contributed by atoms with Crippen molar-refractivity contribution in [2.24, 2.45) is 0 Å². The summed E-state index contributed by atoms with van der Waals surface area (Å²) in [6, 6.07) is 13.8. The first-order valence-electron chi connectivity index (χ1n) is 9.02. The van der Waals surface area contributed by atoms with E-state index in [0.29, 0.717) is 24.6 Å².